The molecule has 0 aliphatic heterocycles. The van der Waals surface area contributed by atoms with Gasteiger partial charge in [-0.3, -0.25) is 19.4 Å². The van der Waals surface area contributed by atoms with Crippen LogP contribution in [0.5, 0.6) is 0 Å². The SMILES string of the molecule is CC(=O)Nc1ccc(NC(=O)c2cncc(C(=O)NC3CCCCC3)c2)cc1. The molecule has 0 unspecified atom stereocenters. The van der Waals surface area contributed by atoms with Crippen molar-refractivity contribution in [2.45, 2.75) is 45.1 Å². The standard InChI is InChI=1S/C21H24N4O3/c1-14(26)23-18-7-9-19(10-8-18)25-21(28)16-11-15(12-22-13-16)20(27)24-17-5-3-2-4-6-17/h7-13,17H,2-6H2,1H3,(H,23,26)(H,24,27)(H,25,28). The Morgan fingerprint density at radius 2 is 1.43 bits per heavy atom. The number of aromatic nitrogens is 1. The number of anilines is 2. The number of pyridine rings is 1. The van der Waals surface area contributed by atoms with Crippen molar-refractivity contribution in [1.29, 1.82) is 0 Å². The molecule has 1 aromatic carbocycles. The van der Waals surface area contributed by atoms with Gasteiger partial charge in [0.05, 0.1) is 11.1 Å². The summed E-state index contributed by atoms with van der Waals surface area (Å²) in [7, 11) is 0. The largest absolute Gasteiger partial charge is 0.349 e. The highest BCUT2D eigenvalue weighted by atomic mass is 16.2. The first-order valence-electron chi connectivity index (χ1n) is 9.46. The van der Waals surface area contributed by atoms with Gasteiger partial charge in [0.15, 0.2) is 0 Å². The highest BCUT2D eigenvalue weighted by Gasteiger charge is 2.18. The summed E-state index contributed by atoms with van der Waals surface area (Å²) in [5, 5.41) is 8.45. The Labute approximate surface area is 163 Å². The summed E-state index contributed by atoms with van der Waals surface area (Å²) >= 11 is 0. The minimum absolute atomic E-state index is 0.161. The molecule has 1 aliphatic rings. The van der Waals surface area contributed by atoms with Crippen LogP contribution in [0.15, 0.2) is 42.7 Å². The Bertz CT molecular complexity index is 858. The van der Waals surface area contributed by atoms with Crippen molar-refractivity contribution < 1.29 is 14.4 Å². The highest BCUT2D eigenvalue weighted by Crippen LogP contribution is 2.18. The van der Waals surface area contributed by atoms with E-state index in [9.17, 15) is 14.4 Å². The first-order chi connectivity index (χ1) is 13.5. The smallest absolute Gasteiger partial charge is 0.257 e. The van der Waals surface area contributed by atoms with Crippen LogP contribution in [-0.2, 0) is 4.79 Å². The molecule has 1 aromatic heterocycles. The Morgan fingerprint density at radius 1 is 0.857 bits per heavy atom. The number of amides is 3. The Kier molecular flexibility index (Phi) is 6.37. The summed E-state index contributed by atoms with van der Waals surface area (Å²) in [5.74, 6) is -0.716. The Hall–Kier alpha value is -3.22. The van der Waals surface area contributed by atoms with Gasteiger partial charge in [0.2, 0.25) is 5.91 Å². The molecule has 1 fully saturated rings. The van der Waals surface area contributed by atoms with Crippen molar-refractivity contribution in [3.05, 3.63) is 53.9 Å². The third-order valence-corrected chi connectivity index (χ3v) is 4.67. The van der Waals surface area contributed by atoms with Gasteiger partial charge in [-0.15, -0.1) is 0 Å². The maximum Gasteiger partial charge on any atom is 0.257 e. The number of hydrogen-bond donors (Lipinski definition) is 3. The predicted molar refractivity (Wildman–Crippen MR) is 107 cm³/mol. The second-order valence-electron chi connectivity index (χ2n) is 6.98. The lowest BCUT2D eigenvalue weighted by atomic mass is 9.95. The Balaban J connectivity index is 1.63. The summed E-state index contributed by atoms with van der Waals surface area (Å²) in [6.07, 6.45) is 8.37. The van der Waals surface area contributed by atoms with Crippen LogP contribution in [0.2, 0.25) is 0 Å². The molecule has 0 saturated heterocycles. The molecule has 1 aliphatic carbocycles. The predicted octanol–water partition coefficient (Wildman–Crippen LogP) is 3.35. The topological polar surface area (TPSA) is 100 Å². The zero-order chi connectivity index (χ0) is 19.9. The fourth-order valence-corrected chi connectivity index (χ4v) is 3.25. The molecule has 7 nitrogen and oxygen atoms in total. The molecule has 0 atom stereocenters. The first-order valence-corrected chi connectivity index (χ1v) is 9.46. The monoisotopic (exact) mass is 380 g/mol. The van der Waals surface area contributed by atoms with Crippen molar-refractivity contribution in [2.24, 2.45) is 0 Å². The van der Waals surface area contributed by atoms with Gasteiger partial charge in [-0.05, 0) is 43.2 Å². The van der Waals surface area contributed by atoms with E-state index in [1.807, 2.05) is 0 Å². The van der Waals surface area contributed by atoms with Crippen molar-refractivity contribution in [1.82, 2.24) is 10.3 Å². The van der Waals surface area contributed by atoms with Crippen LogP contribution < -0.4 is 16.0 Å². The fourth-order valence-electron chi connectivity index (χ4n) is 3.25. The molecule has 3 amide bonds. The number of carbonyl (C=O) groups excluding carboxylic acids is 3. The van der Waals surface area contributed by atoms with Gasteiger partial charge in [-0.25, -0.2) is 0 Å². The Morgan fingerprint density at radius 3 is 2.04 bits per heavy atom. The van der Waals surface area contributed by atoms with Gasteiger partial charge < -0.3 is 16.0 Å². The van der Waals surface area contributed by atoms with E-state index < -0.39 is 0 Å². The molecule has 7 heteroatoms. The van der Waals surface area contributed by atoms with Gasteiger partial charge in [0.25, 0.3) is 11.8 Å². The van der Waals surface area contributed by atoms with Gasteiger partial charge in [0.1, 0.15) is 0 Å². The summed E-state index contributed by atoms with van der Waals surface area (Å²) in [6, 6.07) is 8.52. The average molecular weight is 380 g/mol. The average Bonchev–Trinajstić information content (AvgIpc) is 2.70. The van der Waals surface area contributed by atoms with Crippen LogP contribution in [0.1, 0.15) is 59.7 Å². The third kappa shape index (κ3) is 5.39. The van der Waals surface area contributed by atoms with Crippen molar-refractivity contribution >= 4 is 29.1 Å². The maximum atomic E-state index is 12.5. The molecule has 3 rings (SSSR count). The normalized spacial score (nSPS) is 14.2. The number of nitrogens with zero attached hydrogens (tertiary/aromatic N) is 1. The number of rotatable bonds is 5. The quantitative estimate of drug-likeness (QED) is 0.740. The zero-order valence-corrected chi connectivity index (χ0v) is 15.8. The third-order valence-electron chi connectivity index (χ3n) is 4.67. The second-order valence-corrected chi connectivity index (χ2v) is 6.98. The number of benzene rings is 1. The molecule has 0 radical (unpaired) electrons. The first kappa shape index (κ1) is 19.5. The van der Waals surface area contributed by atoms with Crippen LogP contribution in [0.3, 0.4) is 0 Å². The molecule has 3 N–H and O–H groups in total. The van der Waals surface area contributed by atoms with E-state index in [4.69, 9.17) is 0 Å². The summed E-state index contributed by atoms with van der Waals surface area (Å²) in [5.41, 5.74) is 1.91. The van der Waals surface area contributed by atoms with Gasteiger partial charge in [-0.2, -0.15) is 0 Å². The molecule has 1 heterocycles. The van der Waals surface area contributed by atoms with Crippen molar-refractivity contribution in [2.75, 3.05) is 10.6 Å². The van der Waals surface area contributed by atoms with Gasteiger partial charge in [0, 0.05) is 36.7 Å². The van der Waals surface area contributed by atoms with Gasteiger partial charge >= 0.3 is 0 Å². The van der Waals surface area contributed by atoms with E-state index in [2.05, 4.69) is 20.9 Å². The van der Waals surface area contributed by atoms with Crippen LogP contribution in [0.25, 0.3) is 0 Å². The minimum Gasteiger partial charge on any atom is -0.349 e. The van der Waals surface area contributed by atoms with E-state index in [1.165, 1.54) is 25.7 Å². The molecule has 0 bridgehead atoms. The molecule has 0 spiro atoms. The summed E-state index contributed by atoms with van der Waals surface area (Å²) < 4.78 is 0. The highest BCUT2D eigenvalue weighted by molar-refractivity contribution is 6.06. The zero-order valence-electron chi connectivity index (χ0n) is 15.8. The number of hydrogen-bond acceptors (Lipinski definition) is 4. The van der Waals surface area contributed by atoms with Crippen molar-refractivity contribution in [3.63, 3.8) is 0 Å². The van der Waals surface area contributed by atoms with E-state index >= 15 is 0 Å². The molecule has 2 aromatic rings. The second kappa shape index (κ2) is 9.12. The minimum atomic E-state index is -0.355. The van der Waals surface area contributed by atoms with Gasteiger partial charge in [-0.1, -0.05) is 19.3 Å². The van der Waals surface area contributed by atoms with Crippen LogP contribution >= 0.6 is 0 Å². The summed E-state index contributed by atoms with van der Waals surface area (Å²) in [4.78, 5) is 40.0. The number of carbonyl (C=O) groups is 3. The van der Waals surface area contributed by atoms with Crippen LogP contribution in [0, 0.1) is 0 Å². The fraction of sp³-hybridized carbons (Fsp3) is 0.333. The van der Waals surface area contributed by atoms with Crippen LogP contribution in [0.4, 0.5) is 11.4 Å². The van der Waals surface area contributed by atoms with E-state index in [1.54, 1.807) is 30.3 Å². The number of nitrogens with one attached hydrogen (secondary N) is 3. The lowest BCUT2D eigenvalue weighted by Gasteiger charge is -2.22. The molecular weight excluding hydrogens is 356 g/mol. The maximum absolute atomic E-state index is 12.5. The molecule has 28 heavy (non-hydrogen) atoms. The molecule has 146 valence electrons. The molecular formula is C21H24N4O3. The van der Waals surface area contributed by atoms with Crippen molar-refractivity contribution in [3.8, 4) is 0 Å². The van der Waals surface area contributed by atoms with E-state index in [0.717, 1.165) is 25.7 Å². The summed E-state index contributed by atoms with van der Waals surface area (Å²) in [6.45, 7) is 1.43. The molecule has 1 saturated carbocycles. The van der Waals surface area contributed by atoms with Crippen LogP contribution in [-0.4, -0.2) is 28.7 Å². The van der Waals surface area contributed by atoms with E-state index in [0.29, 0.717) is 22.5 Å². The van der Waals surface area contributed by atoms with E-state index in [-0.39, 0.29) is 23.8 Å². The lowest BCUT2D eigenvalue weighted by Crippen LogP contribution is -2.36. The lowest BCUT2D eigenvalue weighted by molar-refractivity contribution is -0.114.